The third kappa shape index (κ3) is 3.35. The molecule has 1 heterocycles. The van der Waals surface area contributed by atoms with Crippen molar-refractivity contribution in [2.75, 3.05) is 13.6 Å². The Hall–Kier alpha value is -1.35. The zero-order valence-corrected chi connectivity index (χ0v) is 12.1. The van der Waals surface area contributed by atoms with Gasteiger partial charge in [-0.25, -0.2) is 0 Å². The summed E-state index contributed by atoms with van der Waals surface area (Å²) in [6.07, 6.45) is 3.29. The molecule has 0 bridgehead atoms. The summed E-state index contributed by atoms with van der Waals surface area (Å²) in [5, 5.41) is 3.32. The number of piperidine rings is 1. The first-order chi connectivity index (χ1) is 9.09. The number of carbonyl (C=O) groups is 1. The molecule has 3 heteroatoms. The second-order valence-electron chi connectivity index (χ2n) is 5.54. The lowest BCUT2D eigenvalue weighted by atomic mass is 10.0. The minimum atomic E-state index is 0.00616. The summed E-state index contributed by atoms with van der Waals surface area (Å²) < 4.78 is 0. The van der Waals surface area contributed by atoms with Crippen LogP contribution in [0, 0.1) is 6.92 Å². The summed E-state index contributed by atoms with van der Waals surface area (Å²) >= 11 is 0. The Balaban J connectivity index is 2.03. The standard InChI is InChI=1S/C16H24N2O/c1-12-7-9-14(10-8-12)13(2)18(3)16(19)15-6-4-5-11-17-15/h7-10,13,15,17H,4-6,11H2,1-3H3/t13?,15-/m1/s1. The number of hydrogen-bond donors (Lipinski definition) is 1. The zero-order valence-electron chi connectivity index (χ0n) is 12.1. The Morgan fingerprint density at radius 1 is 1.32 bits per heavy atom. The molecule has 1 aliphatic rings. The summed E-state index contributed by atoms with van der Waals surface area (Å²) in [5.74, 6) is 0.216. The van der Waals surface area contributed by atoms with Gasteiger partial charge in [0.25, 0.3) is 0 Å². The molecule has 19 heavy (non-hydrogen) atoms. The van der Waals surface area contributed by atoms with Crippen LogP contribution in [0.25, 0.3) is 0 Å². The van der Waals surface area contributed by atoms with E-state index in [0.29, 0.717) is 0 Å². The molecule has 1 unspecified atom stereocenters. The summed E-state index contributed by atoms with van der Waals surface area (Å²) in [4.78, 5) is 14.3. The van der Waals surface area contributed by atoms with E-state index in [1.807, 2.05) is 11.9 Å². The molecule has 0 spiro atoms. The second kappa shape index (κ2) is 6.20. The van der Waals surface area contributed by atoms with Crippen LogP contribution in [0.4, 0.5) is 0 Å². The highest BCUT2D eigenvalue weighted by Gasteiger charge is 2.26. The van der Waals surface area contributed by atoms with Gasteiger partial charge in [-0.2, -0.15) is 0 Å². The lowest BCUT2D eigenvalue weighted by Crippen LogP contribution is -2.47. The van der Waals surface area contributed by atoms with E-state index in [9.17, 15) is 4.79 Å². The number of nitrogens with one attached hydrogen (secondary N) is 1. The van der Waals surface area contributed by atoms with E-state index >= 15 is 0 Å². The molecule has 104 valence electrons. The van der Waals surface area contributed by atoms with Crippen molar-refractivity contribution in [3.05, 3.63) is 35.4 Å². The molecule has 0 aliphatic carbocycles. The molecular weight excluding hydrogens is 236 g/mol. The van der Waals surface area contributed by atoms with Crippen LogP contribution in [-0.4, -0.2) is 30.4 Å². The van der Waals surface area contributed by atoms with Gasteiger partial charge in [0.2, 0.25) is 5.91 Å². The fraction of sp³-hybridized carbons (Fsp3) is 0.562. The van der Waals surface area contributed by atoms with Gasteiger partial charge in [-0.3, -0.25) is 4.79 Å². The molecule has 1 amide bonds. The zero-order chi connectivity index (χ0) is 13.8. The predicted octanol–water partition coefficient (Wildman–Crippen LogP) is 2.66. The van der Waals surface area contributed by atoms with E-state index < -0.39 is 0 Å². The molecule has 2 rings (SSSR count). The van der Waals surface area contributed by atoms with E-state index in [0.717, 1.165) is 19.4 Å². The Labute approximate surface area is 116 Å². The number of aryl methyl sites for hydroxylation is 1. The van der Waals surface area contributed by atoms with Crippen LogP contribution in [0.15, 0.2) is 24.3 Å². The van der Waals surface area contributed by atoms with E-state index in [-0.39, 0.29) is 18.0 Å². The van der Waals surface area contributed by atoms with Gasteiger partial charge in [0.05, 0.1) is 12.1 Å². The summed E-state index contributed by atoms with van der Waals surface area (Å²) in [7, 11) is 1.91. The lowest BCUT2D eigenvalue weighted by Gasteiger charge is -2.31. The Kier molecular flexibility index (Phi) is 4.59. The summed E-state index contributed by atoms with van der Waals surface area (Å²) in [6, 6.07) is 8.55. The molecule has 0 radical (unpaired) electrons. The third-order valence-electron chi connectivity index (χ3n) is 4.10. The normalized spacial score (nSPS) is 20.9. The van der Waals surface area contributed by atoms with Crippen molar-refractivity contribution in [3.63, 3.8) is 0 Å². The first-order valence-electron chi connectivity index (χ1n) is 7.16. The van der Waals surface area contributed by atoms with Crippen LogP contribution >= 0.6 is 0 Å². The number of benzene rings is 1. The molecule has 0 saturated carbocycles. The molecule has 1 fully saturated rings. The van der Waals surface area contributed by atoms with Crippen LogP contribution in [0.2, 0.25) is 0 Å². The van der Waals surface area contributed by atoms with Crippen molar-refractivity contribution < 1.29 is 4.79 Å². The summed E-state index contributed by atoms with van der Waals surface area (Å²) in [6.45, 7) is 5.13. The van der Waals surface area contributed by atoms with Gasteiger partial charge in [0, 0.05) is 7.05 Å². The highest BCUT2D eigenvalue weighted by molar-refractivity contribution is 5.82. The first-order valence-corrected chi connectivity index (χ1v) is 7.16. The maximum Gasteiger partial charge on any atom is 0.239 e. The monoisotopic (exact) mass is 260 g/mol. The predicted molar refractivity (Wildman–Crippen MR) is 78.0 cm³/mol. The van der Waals surface area contributed by atoms with Crippen LogP contribution in [0.1, 0.15) is 43.4 Å². The minimum Gasteiger partial charge on any atom is -0.338 e. The molecule has 1 aromatic rings. The fourth-order valence-corrected chi connectivity index (χ4v) is 2.57. The molecule has 2 atom stereocenters. The highest BCUT2D eigenvalue weighted by atomic mass is 16.2. The smallest absolute Gasteiger partial charge is 0.239 e. The van der Waals surface area contributed by atoms with Gasteiger partial charge in [-0.1, -0.05) is 36.2 Å². The maximum absolute atomic E-state index is 12.4. The Morgan fingerprint density at radius 3 is 2.58 bits per heavy atom. The van der Waals surface area contributed by atoms with Crippen molar-refractivity contribution in [3.8, 4) is 0 Å². The van der Waals surface area contributed by atoms with E-state index in [4.69, 9.17) is 0 Å². The van der Waals surface area contributed by atoms with Crippen molar-refractivity contribution >= 4 is 5.91 Å². The first kappa shape index (κ1) is 14.1. The molecular formula is C16H24N2O. The highest BCUT2D eigenvalue weighted by Crippen LogP contribution is 2.21. The quantitative estimate of drug-likeness (QED) is 0.906. The van der Waals surface area contributed by atoms with Crippen molar-refractivity contribution in [2.45, 2.75) is 45.2 Å². The van der Waals surface area contributed by atoms with E-state index in [2.05, 4.69) is 43.4 Å². The van der Waals surface area contributed by atoms with Gasteiger partial charge in [0.15, 0.2) is 0 Å². The second-order valence-corrected chi connectivity index (χ2v) is 5.54. The van der Waals surface area contributed by atoms with Gasteiger partial charge in [-0.15, -0.1) is 0 Å². The van der Waals surface area contributed by atoms with Crippen molar-refractivity contribution in [1.29, 1.82) is 0 Å². The number of nitrogens with zero attached hydrogens (tertiary/aromatic N) is 1. The van der Waals surface area contributed by atoms with Crippen LogP contribution in [-0.2, 0) is 4.79 Å². The number of hydrogen-bond acceptors (Lipinski definition) is 2. The average molecular weight is 260 g/mol. The molecule has 3 nitrogen and oxygen atoms in total. The SMILES string of the molecule is Cc1ccc(C(C)N(C)C(=O)[C@H]2CCCCN2)cc1. The van der Waals surface area contributed by atoms with Crippen LogP contribution in [0.5, 0.6) is 0 Å². The Morgan fingerprint density at radius 2 is 2.00 bits per heavy atom. The van der Waals surface area contributed by atoms with Gasteiger partial charge in [-0.05, 0) is 38.8 Å². The van der Waals surface area contributed by atoms with Gasteiger partial charge in [0.1, 0.15) is 0 Å². The minimum absolute atomic E-state index is 0.00616. The molecule has 1 aliphatic heterocycles. The van der Waals surface area contributed by atoms with E-state index in [1.54, 1.807) is 0 Å². The molecule has 1 saturated heterocycles. The number of likely N-dealkylation sites (N-methyl/N-ethyl adjacent to an activating group) is 1. The Bertz CT molecular complexity index is 421. The van der Waals surface area contributed by atoms with Crippen molar-refractivity contribution in [1.82, 2.24) is 10.2 Å². The van der Waals surface area contributed by atoms with E-state index in [1.165, 1.54) is 17.5 Å². The molecule has 1 aromatic carbocycles. The number of rotatable bonds is 3. The maximum atomic E-state index is 12.4. The average Bonchev–Trinajstić information content (AvgIpc) is 2.46. The fourth-order valence-electron chi connectivity index (χ4n) is 2.57. The topological polar surface area (TPSA) is 32.3 Å². The number of carbonyl (C=O) groups excluding carboxylic acids is 1. The third-order valence-corrected chi connectivity index (χ3v) is 4.10. The van der Waals surface area contributed by atoms with Gasteiger partial charge >= 0.3 is 0 Å². The summed E-state index contributed by atoms with van der Waals surface area (Å²) in [5.41, 5.74) is 2.44. The molecule has 0 aromatic heterocycles. The van der Waals surface area contributed by atoms with Crippen molar-refractivity contribution in [2.24, 2.45) is 0 Å². The number of amides is 1. The lowest BCUT2D eigenvalue weighted by molar-refractivity contribution is -0.134. The van der Waals surface area contributed by atoms with Crippen LogP contribution in [0.3, 0.4) is 0 Å². The van der Waals surface area contributed by atoms with Crippen LogP contribution < -0.4 is 5.32 Å². The largest absolute Gasteiger partial charge is 0.338 e. The van der Waals surface area contributed by atoms with Gasteiger partial charge < -0.3 is 10.2 Å². The molecule has 1 N–H and O–H groups in total.